The van der Waals surface area contributed by atoms with E-state index in [-0.39, 0.29) is 5.91 Å². The quantitative estimate of drug-likeness (QED) is 0.628. The number of esters is 1. The molecule has 3 rings (SSSR count). The number of nitrogens with zero attached hydrogens (tertiary/aromatic N) is 2. The van der Waals surface area contributed by atoms with E-state index in [1.807, 2.05) is 81.4 Å². The molecule has 0 aliphatic rings. The average Bonchev–Trinajstić information content (AvgIpc) is 3.12. The largest absolute Gasteiger partial charge is 0.449 e. The summed E-state index contributed by atoms with van der Waals surface area (Å²) in [6.07, 6.45) is 0.754. The van der Waals surface area contributed by atoms with Crippen LogP contribution in [-0.4, -0.2) is 33.3 Å². The van der Waals surface area contributed by atoms with Gasteiger partial charge in [-0.15, -0.1) is 0 Å². The van der Waals surface area contributed by atoms with Crippen molar-refractivity contribution in [2.24, 2.45) is 0 Å². The molecule has 0 saturated heterocycles. The molecule has 0 unspecified atom stereocenters. The fraction of sp³-hybridized carbons (Fsp3) is 0.292. The van der Waals surface area contributed by atoms with Crippen LogP contribution in [-0.2, 0) is 16.1 Å². The molecule has 2 aromatic carbocycles. The predicted molar refractivity (Wildman–Crippen MR) is 116 cm³/mol. The zero-order valence-electron chi connectivity index (χ0n) is 17.8. The lowest BCUT2D eigenvalue weighted by Gasteiger charge is -2.23. The van der Waals surface area contributed by atoms with Crippen LogP contribution in [0.1, 0.15) is 43.6 Å². The Bertz CT molecular complexity index is 1010. The predicted octanol–water partition coefficient (Wildman–Crippen LogP) is 4.06. The molecule has 0 bridgehead atoms. The standard InChI is InChI=1S/C24H27N3O3/c1-17(22(28)25-24(2,3)4)30-23(29)20-16-27(15-18-11-7-5-8-12-18)26-21(20)19-13-9-6-10-14-19/h5-14,16-17H,15H2,1-4H3,(H,25,28)/t17-/m1/s1. The van der Waals surface area contributed by atoms with Crippen LogP contribution in [0, 0.1) is 0 Å². The van der Waals surface area contributed by atoms with Gasteiger partial charge >= 0.3 is 5.97 Å². The molecule has 6 nitrogen and oxygen atoms in total. The molecular weight excluding hydrogens is 378 g/mol. The highest BCUT2D eigenvalue weighted by atomic mass is 16.5. The van der Waals surface area contributed by atoms with Crippen LogP contribution in [0.4, 0.5) is 0 Å². The second-order valence-corrected chi connectivity index (χ2v) is 8.23. The van der Waals surface area contributed by atoms with E-state index in [2.05, 4.69) is 10.4 Å². The number of hydrogen-bond acceptors (Lipinski definition) is 4. The van der Waals surface area contributed by atoms with Gasteiger partial charge in [0.25, 0.3) is 5.91 Å². The Hall–Kier alpha value is -3.41. The molecule has 0 fully saturated rings. The Morgan fingerprint density at radius 3 is 2.23 bits per heavy atom. The van der Waals surface area contributed by atoms with E-state index in [9.17, 15) is 9.59 Å². The average molecular weight is 405 g/mol. The maximum atomic E-state index is 12.9. The third-order valence-corrected chi connectivity index (χ3v) is 4.37. The molecule has 6 heteroatoms. The zero-order chi connectivity index (χ0) is 21.7. The molecule has 0 aliphatic heterocycles. The molecule has 156 valence electrons. The van der Waals surface area contributed by atoms with Gasteiger partial charge in [0, 0.05) is 17.3 Å². The summed E-state index contributed by atoms with van der Waals surface area (Å²) in [7, 11) is 0. The maximum absolute atomic E-state index is 12.9. The first-order valence-electron chi connectivity index (χ1n) is 9.93. The number of rotatable bonds is 6. The highest BCUT2D eigenvalue weighted by Gasteiger charge is 2.26. The van der Waals surface area contributed by atoms with Crippen LogP contribution in [0.25, 0.3) is 11.3 Å². The van der Waals surface area contributed by atoms with Crippen molar-refractivity contribution >= 4 is 11.9 Å². The second kappa shape index (κ2) is 8.95. The van der Waals surface area contributed by atoms with Gasteiger partial charge in [0.1, 0.15) is 11.3 Å². The van der Waals surface area contributed by atoms with E-state index < -0.39 is 17.6 Å². The molecule has 1 amide bonds. The number of nitrogens with one attached hydrogen (secondary N) is 1. The van der Waals surface area contributed by atoms with Gasteiger partial charge in [-0.25, -0.2) is 4.79 Å². The van der Waals surface area contributed by atoms with Crippen LogP contribution < -0.4 is 5.32 Å². The van der Waals surface area contributed by atoms with Crippen molar-refractivity contribution in [1.82, 2.24) is 15.1 Å². The van der Waals surface area contributed by atoms with E-state index in [4.69, 9.17) is 4.74 Å². The van der Waals surface area contributed by atoms with Crippen LogP contribution in [0.15, 0.2) is 66.9 Å². The minimum absolute atomic E-state index is 0.326. The molecule has 0 spiro atoms. The minimum atomic E-state index is -0.919. The molecule has 3 aromatic rings. The first-order chi connectivity index (χ1) is 14.2. The van der Waals surface area contributed by atoms with E-state index in [0.29, 0.717) is 17.8 Å². The van der Waals surface area contributed by atoms with E-state index >= 15 is 0 Å². The number of hydrogen-bond donors (Lipinski definition) is 1. The normalized spacial score (nSPS) is 12.3. The molecule has 1 N–H and O–H groups in total. The Morgan fingerprint density at radius 2 is 1.63 bits per heavy atom. The number of amides is 1. The summed E-state index contributed by atoms with van der Waals surface area (Å²) in [6, 6.07) is 19.3. The molecule has 0 saturated carbocycles. The fourth-order valence-electron chi connectivity index (χ4n) is 2.98. The van der Waals surface area contributed by atoms with Gasteiger partial charge in [-0.3, -0.25) is 9.48 Å². The first-order valence-corrected chi connectivity index (χ1v) is 9.93. The van der Waals surface area contributed by atoms with Gasteiger partial charge in [0.15, 0.2) is 6.10 Å². The lowest BCUT2D eigenvalue weighted by Crippen LogP contribution is -2.46. The molecule has 1 heterocycles. The van der Waals surface area contributed by atoms with Gasteiger partial charge in [0.2, 0.25) is 0 Å². The van der Waals surface area contributed by atoms with Crippen molar-refractivity contribution in [3.63, 3.8) is 0 Å². The van der Waals surface area contributed by atoms with E-state index in [1.54, 1.807) is 17.8 Å². The summed E-state index contributed by atoms with van der Waals surface area (Å²) in [5, 5.41) is 7.45. The van der Waals surface area contributed by atoms with Crippen molar-refractivity contribution in [3.05, 3.63) is 78.0 Å². The van der Waals surface area contributed by atoms with Gasteiger partial charge in [-0.1, -0.05) is 60.7 Å². The number of ether oxygens (including phenoxy) is 1. The summed E-state index contributed by atoms with van der Waals surface area (Å²) in [5.41, 5.74) is 2.32. The molecule has 1 aromatic heterocycles. The zero-order valence-corrected chi connectivity index (χ0v) is 17.8. The van der Waals surface area contributed by atoms with Gasteiger partial charge in [-0.2, -0.15) is 5.10 Å². The summed E-state index contributed by atoms with van der Waals surface area (Å²) in [6.45, 7) is 7.71. The fourth-order valence-corrected chi connectivity index (χ4v) is 2.98. The highest BCUT2D eigenvalue weighted by Crippen LogP contribution is 2.23. The highest BCUT2D eigenvalue weighted by molar-refractivity contribution is 5.97. The minimum Gasteiger partial charge on any atom is -0.449 e. The molecule has 0 aliphatic carbocycles. The Balaban J connectivity index is 1.86. The molecule has 30 heavy (non-hydrogen) atoms. The smallest absolute Gasteiger partial charge is 0.342 e. The Kier molecular flexibility index (Phi) is 6.35. The molecule has 0 radical (unpaired) electrons. The van der Waals surface area contributed by atoms with Crippen LogP contribution >= 0.6 is 0 Å². The van der Waals surface area contributed by atoms with Crippen molar-refractivity contribution in [3.8, 4) is 11.3 Å². The third kappa shape index (κ3) is 5.56. The first kappa shape index (κ1) is 21.3. The summed E-state index contributed by atoms with van der Waals surface area (Å²) >= 11 is 0. The van der Waals surface area contributed by atoms with E-state index in [1.165, 1.54) is 0 Å². The summed E-state index contributed by atoms with van der Waals surface area (Å²) in [4.78, 5) is 25.2. The number of carbonyl (C=O) groups excluding carboxylic acids is 2. The number of aromatic nitrogens is 2. The Morgan fingerprint density at radius 1 is 1.03 bits per heavy atom. The van der Waals surface area contributed by atoms with Gasteiger partial charge in [-0.05, 0) is 33.3 Å². The van der Waals surface area contributed by atoms with Crippen LogP contribution in [0.2, 0.25) is 0 Å². The topological polar surface area (TPSA) is 73.2 Å². The van der Waals surface area contributed by atoms with Crippen LogP contribution in [0.3, 0.4) is 0 Å². The third-order valence-electron chi connectivity index (χ3n) is 4.37. The van der Waals surface area contributed by atoms with Gasteiger partial charge < -0.3 is 10.1 Å². The Labute approximate surface area is 176 Å². The lowest BCUT2D eigenvalue weighted by atomic mass is 10.1. The van der Waals surface area contributed by atoms with Crippen molar-refractivity contribution < 1.29 is 14.3 Å². The second-order valence-electron chi connectivity index (χ2n) is 8.23. The monoisotopic (exact) mass is 405 g/mol. The molecular formula is C24H27N3O3. The van der Waals surface area contributed by atoms with Crippen molar-refractivity contribution in [2.75, 3.05) is 0 Å². The van der Waals surface area contributed by atoms with Gasteiger partial charge in [0.05, 0.1) is 6.54 Å². The van der Waals surface area contributed by atoms with Crippen LogP contribution in [0.5, 0.6) is 0 Å². The van der Waals surface area contributed by atoms with Crippen molar-refractivity contribution in [1.29, 1.82) is 0 Å². The molecule has 1 atom stereocenters. The summed E-state index contributed by atoms with van der Waals surface area (Å²) < 4.78 is 7.18. The van der Waals surface area contributed by atoms with Crippen molar-refractivity contribution in [2.45, 2.75) is 45.9 Å². The number of benzene rings is 2. The maximum Gasteiger partial charge on any atom is 0.342 e. The number of carbonyl (C=O) groups is 2. The SMILES string of the molecule is C[C@@H](OC(=O)c1cn(Cc2ccccc2)nc1-c1ccccc1)C(=O)NC(C)(C)C. The van der Waals surface area contributed by atoms with E-state index in [0.717, 1.165) is 11.1 Å². The lowest BCUT2D eigenvalue weighted by molar-refractivity contribution is -0.130. The summed E-state index contributed by atoms with van der Waals surface area (Å²) in [5.74, 6) is -0.918.